The first-order valence-corrected chi connectivity index (χ1v) is 11.2. The van der Waals surface area contributed by atoms with Crippen molar-refractivity contribution in [2.75, 3.05) is 0 Å². The molecule has 2 aromatic carbocycles. The quantitative estimate of drug-likeness (QED) is 0.392. The number of carbonyl (C=O) groups is 1. The van der Waals surface area contributed by atoms with Gasteiger partial charge >= 0.3 is 11.9 Å². The van der Waals surface area contributed by atoms with E-state index in [2.05, 4.69) is 4.98 Å². The Bertz CT molecular complexity index is 1640. The fourth-order valence-corrected chi connectivity index (χ4v) is 4.36. The number of carbonyl (C=O) groups excluding carboxylic acids is 1. The highest BCUT2D eigenvalue weighted by Crippen LogP contribution is 2.27. The Labute approximate surface area is 203 Å². The van der Waals surface area contributed by atoms with Crippen molar-refractivity contribution in [3.8, 4) is 16.8 Å². The molecule has 0 unspecified atom stereocenters. The first-order valence-electron chi connectivity index (χ1n) is 11.2. The Morgan fingerprint density at radius 1 is 1.06 bits per heavy atom. The zero-order chi connectivity index (χ0) is 25.6. The zero-order valence-electron chi connectivity index (χ0n) is 19.5. The first kappa shape index (κ1) is 23.4. The molecule has 0 fully saturated rings. The molecule has 0 bridgehead atoms. The van der Waals surface area contributed by atoms with E-state index in [-0.39, 0.29) is 0 Å². The summed E-state index contributed by atoms with van der Waals surface area (Å²) in [6, 6.07) is 14.5. The number of hydrogen-bond acceptors (Lipinski definition) is 3. The standard InChI is InChI=1S/C26H22F3N5O2/c1-16-5-3-7-21-24(16)34(25(36)33(21)14-23(35)31-17(2)26(27,28)29)19-10-8-18(9-11-19)20-6-4-12-32-15-30-13-22(20)32/h3-13,15,17H,14H2,1-2H3,(H,31,35)/t17-/m0/s1. The molecule has 0 radical (unpaired) electrons. The number of aromatic nitrogens is 4. The average molecular weight is 493 g/mol. The molecule has 0 saturated heterocycles. The lowest BCUT2D eigenvalue weighted by Gasteiger charge is -2.17. The number of para-hydroxylation sites is 1. The second-order valence-electron chi connectivity index (χ2n) is 8.63. The first-order chi connectivity index (χ1) is 17.1. The van der Waals surface area contributed by atoms with Gasteiger partial charge in [-0.05, 0) is 49.2 Å². The van der Waals surface area contributed by atoms with Crippen LogP contribution in [0.2, 0.25) is 0 Å². The van der Waals surface area contributed by atoms with Crippen LogP contribution >= 0.6 is 0 Å². The SMILES string of the molecule is Cc1cccc2c1n(-c1ccc(-c3cccn4cncc34)cc1)c(=O)n2CC(=O)N[C@@H](C)C(F)(F)F. The van der Waals surface area contributed by atoms with Crippen molar-refractivity contribution in [3.63, 3.8) is 0 Å². The van der Waals surface area contributed by atoms with Gasteiger partial charge in [-0.3, -0.25) is 13.9 Å². The summed E-state index contributed by atoms with van der Waals surface area (Å²) in [6.45, 7) is 2.16. The Morgan fingerprint density at radius 2 is 1.81 bits per heavy atom. The third-order valence-electron chi connectivity index (χ3n) is 6.21. The molecule has 1 amide bonds. The number of amides is 1. The number of hydrogen-bond donors (Lipinski definition) is 1. The summed E-state index contributed by atoms with van der Waals surface area (Å²) in [5.74, 6) is -0.897. The maximum Gasteiger partial charge on any atom is 0.408 e. The number of rotatable bonds is 5. The van der Waals surface area contributed by atoms with Crippen molar-refractivity contribution in [3.05, 3.63) is 89.4 Å². The molecule has 1 N–H and O–H groups in total. The van der Waals surface area contributed by atoms with Crippen LogP contribution in [-0.4, -0.2) is 36.6 Å². The Hall–Kier alpha value is -4.34. The van der Waals surface area contributed by atoms with Gasteiger partial charge in [0.25, 0.3) is 0 Å². The second kappa shape index (κ2) is 8.71. The molecular weight excluding hydrogens is 471 g/mol. The maximum atomic E-state index is 13.5. The lowest BCUT2D eigenvalue weighted by atomic mass is 10.1. The van der Waals surface area contributed by atoms with Crippen molar-refractivity contribution in [1.29, 1.82) is 0 Å². The number of nitrogens with one attached hydrogen (secondary N) is 1. The highest BCUT2D eigenvalue weighted by molar-refractivity contribution is 5.85. The van der Waals surface area contributed by atoms with Gasteiger partial charge in [-0.2, -0.15) is 13.2 Å². The number of halogens is 3. The van der Waals surface area contributed by atoms with Gasteiger partial charge in [0.1, 0.15) is 12.6 Å². The molecule has 3 aromatic heterocycles. The topological polar surface area (TPSA) is 73.3 Å². The smallest absolute Gasteiger partial charge is 0.343 e. The number of benzene rings is 2. The molecule has 0 aliphatic heterocycles. The summed E-state index contributed by atoms with van der Waals surface area (Å²) in [7, 11) is 0. The Kier molecular flexibility index (Phi) is 5.66. The second-order valence-corrected chi connectivity index (χ2v) is 8.63. The van der Waals surface area contributed by atoms with E-state index in [1.165, 1.54) is 9.13 Å². The summed E-state index contributed by atoms with van der Waals surface area (Å²) < 4.78 is 43.3. The van der Waals surface area contributed by atoms with E-state index in [1.54, 1.807) is 36.8 Å². The Morgan fingerprint density at radius 3 is 2.53 bits per heavy atom. The van der Waals surface area contributed by atoms with Gasteiger partial charge in [0.15, 0.2) is 0 Å². The predicted octanol–water partition coefficient (Wildman–Crippen LogP) is 4.48. The molecular formula is C26H22F3N5O2. The summed E-state index contributed by atoms with van der Waals surface area (Å²) in [5.41, 5.74) is 4.75. The van der Waals surface area contributed by atoms with Crippen LogP contribution in [0.4, 0.5) is 13.2 Å². The lowest BCUT2D eigenvalue weighted by molar-refractivity contribution is -0.158. The predicted molar refractivity (Wildman–Crippen MR) is 130 cm³/mol. The number of imidazole rings is 2. The molecule has 1 atom stereocenters. The largest absolute Gasteiger partial charge is 0.408 e. The van der Waals surface area contributed by atoms with Crippen molar-refractivity contribution in [2.24, 2.45) is 0 Å². The average Bonchev–Trinajstić information content (AvgIpc) is 3.42. The van der Waals surface area contributed by atoms with Gasteiger partial charge < -0.3 is 9.72 Å². The highest BCUT2D eigenvalue weighted by Gasteiger charge is 2.37. The monoisotopic (exact) mass is 493 g/mol. The molecule has 5 rings (SSSR count). The minimum atomic E-state index is -4.58. The maximum absolute atomic E-state index is 13.5. The van der Waals surface area contributed by atoms with Crippen LogP contribution in [0.5, 0.6) is 0 Å². The number of fused-ring (bicyclic) bond motifs is 2. The summed E-state index contributed by atoms with van der Waals surface area (Å²) >= 11 is 0. The van der Waals surface area contributed by atoms with Crippen LogP contribution in [0.1, 0.15) is 12.5 Å². The summed E-state index contributed by atoms with van der Waals surface area (Å²) in [5, 5.41) is 1.92. The van der Waals surface area contributed by atoms with E-state index in [1.807, 2.05) is 53.2 Å². The molecule has 0 aliphatic rings. The van der Waals surface area contributed by atoms with Gasteiger partial charge in [-0.15, -0.1) is 0 Å². The molecule has 36 heavy (non-hydrogen) atoms. The van der Waals surface area contributed by atoms with E-state index in [4.69, 9.17) is 0 Å². The zero-order valence-corrected chi connectivity index (χ0v) is 19.5. The van der Waals surface area contributed by atoms with E-state index in [0.717, 1.165) is 29.1 Å². The van der Waals surface area contributed by atoms with Crippen molar-refractivity contribution >= 4 is 22.5 Å². The van der Waals surface area contributed by atoms with Crippen LogP contribution in [-0.2, 0) is 11.3 Å². The minimum absolute atomic E-state index is 0.461. The van der Waals surface area contributed by atoms with E-state index in [0.29, 0.717) is 16.7 Å². The number of alkyl halides is 3. The van der Waals surface area contributed by atoms with Crippen molar-refractivity contribution in [2.45, 2.75) is 32.6 Å². The molecule has 0 spiro atoms. The number of pyridine rings is 1. The van der Waals surface area contributed by atoms with Crippen LogP contribution in [0, 0.1) is 6.92 Å². The number of nitrogens with zero attached hydrogens (tertiary/aromatic N) is 4. The minimum Gasteiger partial charge on any atom is -0.343 e. The van der Waals surface area contributed by atoms with Gasteiger partial charge in [-0.1, -0.05) is 30.3 Å². The van der Waals surface area contributed by atoms with E-state index >= 15 is 0 Å². The fraction of sp³-hybridized carbons (Fsp3) is 0.192. The van der Waals surface area contributed by atoms with Crippen LogP contribution < -0.4 is 11.0 Å². The molecule has 10 heteroatoms. The lowest BCUT2D eigenvalue weighted by Crippen LogP contribution is -2.45. The molecule has 3 heterocycles. The molecule has 0 saturated carbocycles. The third-order valence-corrected chi connectivity index (χ3v) is 6.21. The third kappa shape index (κ3) is 4.04. The van der Waals surface area contributed by atoms with Gasteiger partial charge in [-0.25, -0.2) is 9.78 Å². The normalized spacial score (nSPS) is 12.8. The fourth-order valence-electron chi connectivity index (χ4n) is 4.36. The number of aryl methyl sites for hydroxylation is 1. The van der Waals surface area contributed by atoms with Crippen molar-refractivity contribution in [1.82, 2.24) is 23.8 Å². The van der Waals surface area contributed by atoms with Crippen LogP contribution in [0.15, 0.2) is 78.1 Å². The van der Waals surface area contributed by atoms with Crippen molar-refractivity contribution < 1.29 is 18.0 Å². The van der Waals surface area contributed by atoms with Crippen LogP contribution in [0.25, 0.3) is 33.4 Å². The van der Waals surface area contributed by atoms with Gasteiger partial charge in [0, 0.05) is 11.8 Å². The van der Waals surface area contributed by atoms with Gasteiger partial charge in [0.05, 0.1) is 34.8 Å². The van der Waals surface area contributed by atoms with Crippen LogP contribution in [0.3, 0.4) is 0 Å². The van der Waals surface area contributed by atoms with E-state index < -0.39 is 30.4 Å². The molecule has 184 valence electrons. The molecule has 5 aromatic rings. The molecule has 0 aliphatic carbocycles. The van der Waals surface area contributed by atoms with E-state index in [9.17, 15) is 22.8 Å². The summed E-state index contributed by atoms with van der Waals surface area (Å²) in [4.78, 5) is 30.0. The molecule has 7 nitrogen and oxygen atoms in total. The summed E-state index contributed by atoms with van der Waals surface area (Å²) in [6.07, 6.45) is 0.822. The van der Waals surface area contributed by atoms with Gasteiger partial charge in [0.2, 0.25) is 5.91 Å². The highest BCUT2D eigenvalue weighted by atomic mass is 19.4. The Balaban J connectivity index is 1.55.